The smallest absolute Gasteiger partial charge is 0.344 e. The average Bonchev–Trinajstić information content (AvgIpc) is 2.47. The van der Waals surface area contributed by atoms with Crippen molar-refractivity contribution in [3.8, 4) is 0 Å². The normalized spacial score (nSPS) is 13.6. The summed E-state index contributed by atoms with van der Waals surface area (Å²) in [6.45, 7) is 2.40. The molecule has 0 aliphatic rings. The number of nitrogens with two attached hydrogens (primary N) is 1. The molecule has 0 spiro atoms. The Balaban J connectivity index is 2.94. The van der Waals surface area contributed by atoms with E-state index in [1.54, 1.807) is 7.05 Å². The first kappa shape index (κ1) is 16.3. The number of quaternary nitrogens is 1. The van der Waals surface area contributed by atoms with Crippen LogP contribution in [0.25, 0.3) is 0 Å². The molecule has 5 heteroatoms. The molecule has 0 radical (unpaired) electrons. The van der Waals surface area contributed by atoms with Crippen molar-refractivity contribution in [1.82, 2.24) is 4.48 Å². The molecular weight excluding hydrogens is 256 g/mol. The van der Waals surface area contributed by atoms with E-state index in [1.165, 1.54) is 0 Å². The van der Waals surface area contributed by atoms with Gasteiger partial charge in [-0.25, -0.2) is 0 Å². The molecule has 0 saturated heterocycles. The molecule has 1 unspecified atom stereocenters. The molecule has 20 heavy (non-hydrogen) atoms. The van der Waals surface area contributed by atoms with Crippen molar-refractivity contribution in [2.45, 2.75) is 26.2 Å². The van der Waals surface area contributed by atoms with E-state index >= 15 is 0 Å². The summed E-state index contributed by atoms with van der Waals surface area (Å²) in [5.74, 6) is -0.703. The lowest BCUT2D eigenvalue weighted by Crippen LogP contribution is -2.52. The Morgan fingerprint density at radius 3 is 2.40 bits per heavy atom. The maximum absolute atomic E-state index is 12.3. The zero-order chi connectivity index (χ0) is 15.0. The monoisotopic (exact) mass is 279 g/mol. The Hall–Kier alpha value is -1.72. The largest absolute Gasteiger partial charge is 0.528 e. The highest BCUT2D eigenvalue weighted by Gasteiger charge is 2.37. The fourth-order valence-corrected chi connectivity index (χ4v) is 2.00. The molecule has 0 bridgehead atoms. The summed E-state index contributed by atoms with van der Waals surface area (Å²) in [5, 5.41) is 0. The van der Waals surface area contributed by atoms with Crippen LogP contribution in [-0.4, -0.2) is 32.2 Å². The third-order valence-electron chi connectivity index (χ3n) is 3.31. The first-order valence-corrected chi connectivity index (χ1v) is 6.91. The second-order valence-electron chi connectivity index (χ2n) is 4.90. The van der Waals surface area contributed by atoms with Crippen LogP contribution >= 0.6 is 0 Å². The van der Waals surface area contributed by atoms with E-state index in [9.17, 15) is 9.59 Å². The Bertz CT molecular complexity index is 448. The van der Waals surface area contributed by atoms with E-state index in [-0.39, 0.29) is 11.0 Å². The number of carbonyl (C=O) groups is 2. The molecule has 0 saturated carbocycles. The van der Waals surface area contributed by atoms with Crippen molar-refractivity contribution in [1.29, 1.82) is 0 Å². The van der Waals surface area contributed by atoms with Crippen LogP contribution in [0.15, 0.2) is 30.3 Å². The topological polar surface area (TPSA) is 69.4 Å². The summed E-state index contributed by atoms with van der Waals surface area (Å²) in [7, 11) is 1.76. The van der Waals surface area contributed by atoms with E-state index in [2.05, 4.69) is 6.92 Å². The zero-order valence-corrected chi connectivity index (χ0v) is 12.2. The fourth-order valence-electron chi connectivity index (χ4n) is 2.00. The van der Waals surface area contributed by atoms with Crippen molar-refractivity contribution < 1.29 is 14.3 Å². The molecule has 5 nitrogen and oxygen atoms in total. The molecule has 1 amide bonds. The Kier molecular flexibility index (Phi) is 6.35. The van der Waals surface area contributed by atoms with E-state index in [4.69, 9.17) is 10.5 Å². The van der Waals surface area contributed by atoms with Crippen LogP contribution in [0.1, 0.15) is 26.2 Å². The summed E-state index contributed by atoms with van der Waals surface area (Å²) in [6.07, 6.45) is 2.39. The number of hydrogen-bond acceptors (Lipinski definition) is 4. The first-order chi connectivity index (χ1) is 9.54. The van der Waals surface area contributed by atoms with Gasteiger partial charge in [-0.15, -0.1) is 0 Å². The number of rotatable bonds is 6. The highest BCUT2D eigenvalue weighted by molar-refractivity contribution is 5.91. The van der Waals surface area contributed by atoms with Crippen LogP contribution in [0.5, 0.6) is 0 Å². The van der Waals surface area contributed by atoms with E-state index in [0.717, 1.165) is 24.9 Å². The summed E-state index contributed by atoms with van der Waals surface area (Å²) in [6, 6.07) is 9.34. The molecule has 0 aliphatic carbocycles. The number of carbonyl (C=O) groups excluding carboxylic acids is 2. The van der Waals surface area contributed by atoms with Crippen molar-refractivity contribution in [2.24, 2.45) is 5.73 Å². The number of ether oxygens (including phenoxy) is 1. The van der Waals surface area contributed by atoms with Crippen molar-refractivity contribution in [2.75, 3.05) is 20.1 Å². The number of nitrogens with zero attached hydrogens (tertiary/aromatic N) is 1. The molecule has 0 fully saturated rings. The first-order valence-electron chi connectivity index (χ1n) is 6.91. The third-order valence-corrected chi connectivity index (χ3v) is 3.31. The molecular formula is C15H23N2O3+. The molecule has 1 aromatic carbocycles. The standard InChI is InChI=1S/C15H23N2O3/c1-3-4-8-11-17(2,13-9-6-5-7-10-13)15(19)20-14(18)12-16/h5-7,9-10H,3-4,8,11-12,16H2,1-2H3/q+1. The molecule has 1 atom stereocenters. The van der Waals surface area contributed by atoms with Gasteiger partial charge in [-0.1, -0.05) is 31.5 Å². The van der Waals surface area contributed by atoms with Gasteiger partial charge in [-0.3, -0.25) is 4.79 Å². The van der Waals surface area contributed by atoms with E-state index in [0.29, 0.717) is 6.54 Å². The highest BCUT2D eigenvalue weighted by Crippen LogP contribution is 2.23. The quantitative estimate of drug-likeness (QED) is 0.376. The molecule has 1 aromatic rings. The minimum absolute atomic E-state index is 0.0490. The predicted octanol–water partition coefficient (Wildman–Crippen LogP) is 2.44. The van der Waals surface area contributed by atoms with Crippen LogP contribution in [0.2, 0.25) is 0 Å². The fraction of sp³-hybridized carbons (Fsp3) is 0.467. The minimum Gasteiger partial charge on any atom is -0.344 e. The van der Waals surface area contributed by atoms with Crippen LogP contribution in [0.3, 0.4) is 0 Å². The second-order valence-corrected chi connectivity index (χ2v) is 4.90. The van der Waals surface area contributed by atoms with Gasteiger partial charge in [-0.05, 0) is 25.0 Å². The van der Waals surface area contributed by atoms with Gasteiger partial charge in [-0.2, -0.15) is 9.28 Å². The van der Waals surface area contributed by atoms with Crippen LogP contribution in [0.4, 0.5) is 10.5 Å². The number of unbranched alkanes of at least 4 members (excludes halogenated alkanes) is 2. The van der Waals surface area contributed by atoms with Gasteiger partial charge in [0.1, 0.15) is 5.69 Å². The number of amides is 1. The van der Waals surface area contributed by atoms with Gasteiger partial charge in [0.2, 0.25) is 0 Å². The highest BCUT2D eigenvalue weighted by atomic mass is 16.6. The zero-order valence-electron chi connectivity index (χ0n) is 12.2. The Morgan fingerprint density at radius 1 is 1.20 bits per heavy atom. The molecule has 0 aliphatic heterocycles. The summed E-state index contributed by atoms with van der Waals surface area (Å²) < 4.78 is 4.77. The second kappa shape index (κ2) is 7.77. The van der Waals surface area contributed by atoms with Gasteiger partial charge in [0.25, 0.3) is 0 Å². The molecule has 1 rings (SSSR count). The van der Waals surface area contributed by atoms with E-state index < -0.39 is 12.1 Å². The Morgan fingerprint density at radius 2 is 1.85 bits per heavy atom. The molecule has 0 heterocycles. The number of para-hydroxylation sites is 1. The van der Waals surface area contributed by atoms with Gasteiger partial charge in [0.05, 0.1) is 20.1 Å². The lowest BCUT2D eigenvalue weighted by atomic mass is 10.2. The van der Waals surface area contributed by atoms with Gasteiger partial charge in [0.15, 0.2) is 0 Å². The summed E-state index contributed by atoms with van der Waals surface area (Å²) >= 11 is 0. The molecule has 110 valence electrons. The SMILES string of the molecule is CCCCC[N+](C)(C(=O)OC(=O)CN)c1ccccc1. The van der Waals surface area contributed by atoms with Crippen LogP contribution < -0.4 is 10.2 Å². The lowest BCUT2D eigenvalue weighted by molar-refractivity contribution is -0.136. The van der Waals surface area contributed by atoms with Gasteiger partial charge < -0.3 is 10.5 Å². The third kappa shape index (κ3) is 4.15. The van der Waals surface area contributed by atoms with Gasteiger partial charge in [0, 0.05) is 0 Å². The maximum Gasteiger partial charge on any atom is 0.528 e. The van der Waals surface area contributed by atoms with Crippen molar-refractivity contribution in [3.05, 3.63) is 30.3 Å². The summed E-state index contributed by atoms with van der Waals surface area (Å²) in [4.78, 5) is 23.6. The predicted molar refractivity (Wildman–Crippen MR) is 79.1 cm³/mol. The van der Waals surface area contributed by atoms with Crippen LogP contribution in [-0.2, 0) is 9.53 Å². The summed E-state index contributed by atoms with van der Waals surface area (Å²) in [5.41, 5.74) is 5.99. The number of benzene rings is 1. The van der Waals surface area contributed by atoms with Gasteiger partial charge >= 0.3 is 12.1 Å². The van der Waals surface area contributed by atoms with Crippen LogP contribution in [0, 0.1) is 0 Å². The molecule has 0 aromatic heterocycles. The number of hydrogen-bond donors (Lipinski definition) is 1. The Labute approximate surface area is 119 Å². The van der Waals surface area contributed by atoms with E-state index in [1.807, 2.05) is 30.3 Å². The number of esters is 1. The lowest BCUT2D eigenvalue weighted by Gasteiger charge is -2.29. The molecule has 2 N–H and O–H groups in total. The average molecular weight is 279 g/mol. The van der Waals surface area contributed by atoms with Crippen molar-refractivity contribution >= 4 is 17.7 Å². The minimum atomic E-state index is -0.703. The maximum atomic E-state index is 12.3. The van der Waals surface area contributed by atoms with Crippen molar-refractivity contribution in [3.63, 3.8) is 0 Å².